The molecule has 1 amide bonds. The molecule has 1 heterocycles. The van der Waals surface area contributed by atoms with Crippen LogP contribution in [0.4, 0.5) is 0 Å². The van der Waals surface area contributed by atoms with E-state index in [2.05, 4.69) is 15.3 Å². The summed E-state index contributed by atoms with van der Waals surface area (Å²) in [6.07, 6.45) is -4.68. The Kier molecular flexibility index (Phi) is 15.1. The van der Waals surface area contributed by atoms with Gasteiger partial charge in [0.2, 0.25) is 5.91 Å². The van der Waals surface area contributed by atoms with Crippen molar-refractivity contribution in [1.29, 1.82) is 0 Å². The van der Waals surface area contributed by atoms with E-state index in [1.807, 2.05) is 0 Å². The minimum Gasteiger partial charge on any atom is -0.394 e. The molecule has 31 heavy (non-hydrogen) atoms. The van der Waals surface area contributed by atoms with Crippen molar-refractivity contribution in [2.75, 3.05) is 66.0 Å². The Balaban J connectivity index is 1.96. The van der Waals surface area contributed by atoms with Crippen LogP contribution in [0.3, 0.4) is 0 Å². The number of aliphatic hydroxyl groups excluding tert-OH is 3. The Hall–Kier alpha value is -1.58. The maximum absolute atomic E-state index is 12.0. The summed E-state index contributed by atoms with van der Waals surface area (Å²) in [5.41, 5.74) is 13.8. The van der Waals surface area contributed by atoms with Gasteiger partial charge in [-0.3, -0.25) is 4.79 Å². The number of carbonyl (C=O) groups is 1. The zero-order valence-corrected chi connectivity index (χ0v) is 17.4. The molecule has 1 saturated heterocycles. The lowest BCUT2D eigenvalue weighted by Crippen LogP contribution is -2.66. The molecule has 14 heteroatoms. The van der Waals surface area contributed by atoms with Gasteiger partial charge in [0.15, 0.2) is 0 Å². The minimum atomic E-state index is -1.33. The Bertz CT molecular complexity index is 536. The molecule has 6 N–H and O–H groups in total. The first-order valence-electron chi connectivity index (χ1n) is 10.0. The molecule has 0 bridgehead atoms. The summed E-state index contributed by atoms with van der Waals surface area (Å²) in [4.78, 5) is 14.6. The number of nitrogens with one attached hydrogen (secondary N) is 1. The van der Waals surface area contributed by atoms with Crippen molar-refractivity contribution in [3.05, 3.63) is 10.4 Å². The highest BCUT2D eigenvalue weighted by molar-refractivity contribution is 5.76. The van der Waals surface area contributed by atoms with Crippen LogP contribution in [0.2, 0.25) is 0 Å². The highest BCUT2D eigenvalue weighted by Gasteiger charge is 2.42. The number of ether oxygens (including phenoxy) is 5. The van der Waals surface area contributed by atoms with Crippen LogP contribution < -0.4 is 11.1 Å². The predicted octanol–water partition coefficient (Wildman–Crippen LogP) is -2.36. The lowest BCUT2D eigenvalue weighted by atomic mass is 9.97. The average molecular weight is 451 g/mol. The van der Waals surface area contributed by atoms with Gasteiger partial charge in [0, 0.05) is 11.5 Å². The maximum atomic E-state index is 12.0. The largest absolute Gasteiger partial charge is 0.394 e. The normalized spacial score (nSPS) is 25.7. The van der Waals surface area contributed by atoms with Crippen LogP contribution in [-0.4, -0.2) is 118 Å². The molecule has 1 rings (SSSR count). The minimum absolute atomic E-state index is 0.0395. The molecule has 0 spiro atoms. The van der Waals surface area contributed by atoms with E-state index in [0.29, 0.717) is 52.8 Å². The Morgan fingerprint density at radius 3 is 2.10 bits per heavy atom. The number of hydrogen-bond acceptors (Lipinski definition) is 11. The van der Waals surface area contributed by atoms with Gasteiger partial charge in [-0.1, -0.05) is 5.11 Å². The number of amides is 1. The van der Waals surface area contributed by atoms with Crippen LogP contribution in [0, 0.1) is 0 Å². The summed E-state index contributed by atoms with van der Waals surface area (Å²) in [5.74, 6) is -0.406. The molecule has 0 aromatic rings. The third-order valence-corrected chi connectivity index (χ3v) is 4.27. The van der Waals surface area contributed by atoms with Gasteiger partial charge in [0.1, 0.15) is 24.5 Å². The van der Waals surface area contributed by atoms with Crippen molar-refractivity contribution in [3.8, 4) is 0 Å². The van der Waals surface area contributed by atoms with Gasteiger partial charge >= 0.3 is 0 Å². The van der Waals surface area contributed by atoms with Gasteiger partial charge in [-0.15, -0.1) is 0 Å². The SMILES string of the molecule is [N-]=[N+]=NCCOCCOCCOCCOCCC(=O)NC1OC(CO)C(O)C(O)C1N. The van der Waals surface area contributed by atoms with Crippen LogP contribution in [0.25, 0.3) is 10.4 Å². The van der Waals surface area contributed by atoms with Crippen LogP contribution in [0.5, 0.6) is 0 Å². The van der Waals surface area contributed by atoms with Crippen molar-refractivity contribution in [2.45, 2.75) is 37.0 Å². The van der Waals surface area contributed by atoms with Crippen molar-refractivity contribution in [2.24, 2.45) is 10.8 Å². The number of hydrogen-bond donors (Lipinski definition) is 5. The van der Waals surface area contributed by atoms with Crippen LogP contribution in [-0.2, 0) is 28.5 Å². The third-order valence-electron chi connectivity index (χ3n) is 4.27. The molecular formula is C17H33N5O9. The fraction of sp³-hybridized carbons (Fsp3) is 0.941. The number of nitrogens with two attached hydrogens (primary N) is 1. The quantitative estimate of drug-likeness (QED) is 0.0686. The molecule has 180 valence electrons. The predicted molar refractivity (Wildman–Crippen MR) is 106 cm³/mol. The van der Waals surface area contributed by atoms with Gasteiger partial charge in [0.05, 0.1) is 71.9 Å². The molecule has 0 saturated carbocycles. The Morgan fingerprint density at radius 1 is 1.00 bits per heavy atom. The van der Waals surface area contributed by atoms with E-state index in [0.717, 1.165) is 0 Å². The van der Waals surface area contributed by atoms with Crippen LogP contribution >= 0.6 is 0 Å². The Morgan fingerprint density at radius 2 is 1.55 bits per heavy atom. The summed E-state index contributed by atoms with van der Waals surface area (Å²) >= 11 is 0. The molecule has 0 aromatic carbocycles. The topological polar surface area (TPSA) is 211 Å². The van der Waals surface area contributed by atoms with Gasteiger partial charge in [0.25, 0.3) is 0 Å². The summed E-state index contributed by atoms with van der Waals surface area (Å²) in [5, 5.41) is 34.6. The molecular weight excluding hydrogens is 418 g/mol. The fourth-order valence-electron chi connectivity index (χ4n) is 2.58. The number of aliphatic hydroxyl groups is 3. The summed E-state index contributed by atoms with van der Waals surface area (Å²) in [6.45, 7) is 2.53. The van der Waals surface area contributed by atoms with Crippen molar-refractivity contribution in [3.63, 3.8) is 0 Å². The number of azide groups is 1. The van der Waals surface area contributed by atoms with Crippen molar-refractivity contribution in [1.82, 2.24) is 5.32 Å². The molecule has 0 aliphatic carbocycles. The van der Waals surface area contributed by atoms with E-state index in [9.17, 15) is 15.0 Å². The van der Waals surface area contributed by atoms with E-state index in [-0.39, 0.29) is 13.0 Å². The van der Waals surface area contributed by atoms with Gasteiger partial charge in [-0.05, 0) is 5.53 Å². The zero-order valence-electron chi connectivity index (χ0n) is 17.4. The van der Waals surface area contributed by atoms with Crippen LogP contribution in [0.1, 0.15) is 6.42 Å². The second-order valence-electron chi connectivity index (χ2n) is 6.56. The summed E-state index contributed by atoms with van der Waals surface area (Å²) in [7, 11) is 0. The first-order valence-corrected chi connectivity index (χ1v) is 10.0. The second kappa shape index (κ2) is 17.0. The van der Waals surface area contributed by atoms with E-state index in [4.69, 9.17) is 40.1 Å². The van der Waals surface area contributed by atoms with Gasteiger partial charge in [-0.2, -0.15) is 0 Å². The maximum Gasteiger partial charge on any atom is 0.224 e. The lowest BCUT2D eigenvalue weighted by Gasteiger charge is -2.40. The molecule has 1 fully saturated rings. The van der Waals surface area contributed by atoms with Crippen molar-refractivity contribution >= 4 is 5.91 Å². The smallest absolute Gasteiger partial charge is 0.224 e. The van der Waals surface area contributed by atoms with Crippen LogP contribution in [0.15, 0.2) is 5.11 Å². The monoisotopic (exact) mass is 451 g/mol. The molecule has 0 radical (unpaired) electrons. The summed E-state index contributed by atoms with van der Waals surface area (Å²) in [6, 6.07) is -1.03. The first kappa shape index (κ1) is 27.5. The zero-order chi connectivity index (χ0) is 22.9. The van der Waals surface area contributed by atoms with E-state index in [1.165, 1.54) is 0 Å². The molecule has 1 aliphatic rings. The summed E-state index contributed by atoms with van der Waals surface area (Å²) < 4.78 is 26.4. The number of carbonyl (C=O) groups excluding carboxylic acids is 1. The molecule has 5 atom stereocenters. The second-order valence-corrected chi connectivity index (χ2v) is 6.56. The highest BCUT2D eigenvalue weighted by atomic mass is 16.6. The van der Waals surface area contributed by atoms with E-state index >= 15 is 0 Å². The average Bonchev–Trinajstić information content (AvgIpc) is 2.76. The number of nitrogens with zero attached hydrogens (tertiary/aromatic N) is 3. The first-order chi connectivity index (χ1) is 15.0. The molecule has 0 aromatic heterocycles. The van der Waals surface area contributed by atoms with Gasteiger partial charge in [-0.25, -0.2) is 0 Å². The van der Waals surface area contributed by atoms with E-state index in [1.54, 1.807) is 0 Å². The molecule has 1 aliphatic heterocycles. The third kappa shape index (κ3) is 11.6. The van der Waals surface area contributed by atoms with Gasteiger partial charge < -0.3 is 50.1 Å². The fourth-order valence-corrected chi connectivity index (χ4v) is 2.58. The standard InChI is InChI=1S/C17H33N5O9/c18-14-16(26)15(25)12(11-23)31-17(14)21-13(24)1-3-27-5-7-29-9-10-30-8-6-28-4-2-20-22-19/h12,14-17,23,25-26H,1-11,18H2,(H,21,24). The van der Waals surface area contributed by atoms with Crippen molar-refractivity contribution < 1.29 is 43.8 Å². The molecule has 5 unspecified atom stereocenters. The lowest BCUT2D eigenvalue weighted by molar-refractivity contribution is -0.197. The highest BCUT2D eigenvalue weighted by Crippen LogP contribution is 2.18. The number of rotatable bonds is 17. The Labute approximate surface area is 180 Å². The molecule has 14 nitrogen and oxygen atoms in total. The van der Waals surface area contributed by atoms with E-state index < -0.39 is 43.1 Å².